The summed E-state index contributed by atoms with van der Waals surface area (Å²) in [6.07, 6.45) is 3.49. The lowest BCUT2D eigenvalue weighted by Gasteiger charge is -2.35. The zero-order valence-corrected chi connectivity index (χ0v) is 17.2. The van der Waals surface area contributed by atoms with Gasteiger partial charge in [-0.25, -0.2) is 15.0 Å². The van der Waals surface area contributed by atoms with E-state index in [-0.39, 0.29) is 30.5 Å². The average molecular weight is 474 g/mol. The van der Waals surface area contributed by atoms with Gasteiger partial charge in [0.2, 0.25) is 5.95 Å². The number of aliphatic hydroxyl groups is 1. The van der Waals surface area contributed by atoms with Crippen LogP contribution in [0.4, 0.5) is 5.95 Å². The highest BCUT2D eigenvalue weighted by molar-refractivity contribution is 14.0. The SMILES string of the molecule is CC(O)(CN=C(N)N1CCN(c2ncccn2)CC1)c1ccsc1.I. The summed E-state index contributed by atoms with van der Waals surface area (Å²) in [7, 11) is 0. The zero-order valence-electron chi connectivity index (χ0n) is 14.1. The van der Waals surface area contributed by atoms with Crippen LogP contribution in [0.1, 0.15) is 12.5 Å². The molecular weight excluding hydrogens is 451 g/mol. The second kappa shape index (κ2) is 8.77. The van der Waals surface area contributed by atoms with Gasteiger partial charge < -0.3 is 20.6 Å². The molecule has 2 aromatic heterocycles. The number of nitrogens with zero attached hydrogens (tertiary/aromatic N) is 5. The van der Waals surface area contributed by atoms with Crippen LogP contribution in [0.25, 0.3) is 0 Å². The highest BCUT2D eigenvalue weighted by Crippen LogP contribution is 2.23. The van der Waals surface area contributed by atoms with Gasteiger partial charge in [-0.1, -0.05) is 0 Å². The fourth-order valence-corrected chi connectivity index (χ4v) is 3.37. The standard InChI is InChI=1S/C16H22N6OS.HI/c1-16(23,13-3-10-24-11-13)12-20-14(17)21-6-8-22(9-7-21)15-18-4-2-5-19-15;/h2-5,10-11,23H,6-9,12H2,1H3,(H2,17,20);1H. The number of halogens is 1. The highest BCUT2D eigenvalue weighted by atomic mass is 127. The van der Waals surface area contributed by atoms with Gasteiger partial charge in [-0.2, -0.15) is 11.3 Å². The maximum Gasteiger partial charge on any atom is 0.225 e. The van der Waals surface area contributed by atoms with Crippen molar-refractivity contribution >= 4 is 47.2 Å². The lowest BCUT2D eigenvalue weighted by molar-refractivity contribution is 0.0675. The van der Waals surface area contributed by atoms with Crippen LogP contribution in [-0.4, -0.2) is 58.7 Å². The molecule has 0 amide bonds. The van der Waals surface area contributed by atoms with Crippen molar-refractivity contribution in [3.8, 4) is 0 Å². The van der Waals surface area contributed by atoms with Gasteiger partial charge in [-0.3, -0.25) is 0 Å². The third-order valence-electron chi connectivity index (χ3n) is 4.13. The Balaban J connectivity index is 0.00000225. The van der Waals surface area contributed by atoms with E-state index < -0.39 is 5.60 Å². The number of thiophene rings is 1. The molecule has 1 aliphatic heterocycles. The molecule has 0 aromatic carbocycles. The Morgan fingerprint density at radius 3 is 2.60 bits per heavy atom. The molecule has 0 radical (unpaired) electrons. The molecule has 1 saturated heterocycles. The number of nitrogens with two attached hydrogens (primary N) is 1. The number of hydrogen-bond acceptors (Lipinski definition) is 6. The largest absolute Gasteiger partial charge is 0.383 e. The molecule has 7 nitrogen and oxygen atoms in total. The van der Waals surface area contributed by atoms with Gasteiger partial charge in [-0.15, -0.1) is 24.0 Å². The van der Waals surface area contributed by atoms with Crippen molar-refractivity contribution in [3.05, 3.63) is 40.8 Å². The Bertz CT molecular complexity index is 671. The minimum atomic E-state index is -0.996. The molecule has 1 atom stereocenters. The molecule has 1 aliphatic rings. The zero-order chi connectivity index (χ0) is 17.0. The molecule has 0 spiro atoms. The van der Waals surface area contributed by atoms with Crippen LogP contribution in [0.5, 0.6) is 0 Å². The van der Waals surface area contributed by atoms with Gasteiger partial charge in [0.1, 0.15) is 5.60 Å². The normalized spacial score (nSPS) is 17.8. The van der Waals surface area contributed by atoms with Gasteiger partial charge in [0.15, 0.2) is 5.96 Å². The van der Waals surface area contributed by atoms with E-state index in [1.165, 1.54) is 0 Å². The highest BCUT2D eigenvalue weighted by Gasteiger charge is 2.24. The molecular formula is C16H23IN6OS. The van der Waals surface area contributed by atoms with Crippen LogP contribution in [0, 0.1) is 0 Å². The second-order valence-corrected chi connectivity index (χ2v) is 6.76. The third-order valence-corrected chi connectivity index (χ3v) is 4.81. The summed E-state index contributed by atoms with van der Waals surface area (Å²) >= 11 is 1.56. The molecule has 0 aliphatic carbocycles. The monoisotopic (exact) mass is 474 g/mol. The van der Waals surface area contributed by atoms with Crippen LogP contribution >= 0.6 is 35.3 Å². The Hall–Kier alpha value is -1.46. The molecule has 3 rings (SSSR count). The van der Waals surface area contributed by atoms with Gasteiger partial charge in [0.05, 0.1) is 6.54 Å². The van der Waals surface area contributed by atoms with E-state index in [1.807, 2.05) is 27.8 Å². The van der Waals surface area contributed by atoms with Crippen molar-refractivity contribution in [2.24, 2.45) is 10.7 Å². The Morgan fingerprint density at radius 1 is 1.32 bits per heavy atom. The topological polar surface area (TPSA) is 90.9 Å². The maximum atomic E-state index is 10.5. The number of hydrogen-bond donors (Lipinski definition) is 2. The molecule has 2 aromatic rings. The second-order valence-electron chi connectivity index (χ2n) is 5.98. The van der Waals surface area contributed by atoms with E-state index in [0.717, 1.165) is 37.7 Å². The minimum absolute atomic E-state index is 0. The molecule has 3 N–H and O–H groups in total. The number of piperazine rings is 1. The smallest absolute Gasteiger partial charge is 0.225 e. The van der Waals surface area contributed by atoms with Gasteiger partial charge >= 0.3 is 0 Å². The van der Waals surface area contributed by atoms with Gasteiger partial charge in [-0.05, 0) is 35.4 Å². The third kappa shape index (κ3) is 5.02. The number of aliphatic imine (C=N–C) groups is 1. The first-order valence-corrected chi connectivity index (χ1v) is 8.82. The first-order chi connectivity index (χ1) is 11.6. The van der Waals surface area contributed by atoms with Crippen LogP contribution in [0.15, 0.2) is 40.3 Å². The van der Waals surface area contributed by atoms with E-state index in [9.17, 15) is 5.11 Å². The molecule has 9 heteroatoms. The van der Waals surface area contributed by atoms with Crippen LogP contribution < -0.4 is 10.6 Å². The lowest BCUT2D eigenvalue weighted by Crippen LogP contribution is -2.51. The minimum Gasteiger partial charge on any atom is -0.383 e. The quantitative estimate of drug-likeness (QED) is 0.397. The van der Waals surface area contributed by atoms with Crippen molar-refractivity contribution in [1.82, 2.24) is 14.9 Å². The van der Waals surface area contributed by atoms with Crippen molar-refractivity contribution in [2.45, 2.75) is 12.5 Å². The number of aromatic nitrogens is 2. The molecule has 1 fully saturated rings. The predicted octanol–water partition coefficient (Wildman–Crippen LogP) is 1.50. The Kier molecular flexibility index (Phi) is 6.96. The van der Waals surface area contributed by atoms with Crippen LogP contribution in [-0.2, 0) is 5.60 Å². The summed E-state index contributed by atoms with van der Waals surface area (Å²) in [4.78, 5) is 17.1. The Morgan fingerprint density at radius 2 is 2.00 bits per heavy atom. The number of anilines is 1. The number of guanidine groups is 1. The van der Waals surface area contributed by atoms with E-state index in [0.29, 0.717) is 5.96 Å². The first kappa shape index (κ1) is 19.9. The predicted molar refractivity (Wildman–Crippen MR) is 112 cm³/mol. The molecule has 0 saturated carbocycles. The maximum absolute atomic E-state index is 10.5. The Labute approximate surface area is 168 Å². The first-order valence-electron chi connectivity index (χ1n) is 7.88. The fraction of sp³-hybridized carbons (Fsp3) is 0.438. The molecule has 136 valence electrons. The lowest BCUT2D eigenvalue weighted by atomic mass is 10.00. The van der Waals surface area contributed by atoms with Gasteiger partial charge in [0, 0.05) is 38.6 Å². The van der Waals surface area contributed by atoms with E-state index in [1.54, 1.807) is 30.7 Å². The average Bonchev–Trinajstić information content (AvgIpc) is 3.16. The van der Waals surface area contributed by atoms with Crippen molar-refractivity contribution in [3.63, 3.8) is 0 Å². The molecule has 3 heterocycles. The van der Waals surface area contributed by atoms with E-state index in [2.05, 4.69) is 19.9 Å². The van der Waals surface area contributed by atoms with Crippen LogP contribution in [0.2, 0.25) is 0 Å². The fourth-order valence-electron chi connectivity index (χ4n) is 2.59. The molecule has 25 heavy (non-hydrogen) atoms. The summed E-state index contributed by atoms with van der Waals surface area (Å²) in [6, 6.07) is 3.72. The summed E-state index contributed by atoms with van der Waals surface area (Å²) in [6.45, 7) is 5.11. The van der Waals surface area contributed by atoms with E-state index in [4.69, 9.17) is 5.73 Å². The summed E-state index contributed by atoms with van der Waals surface area (Å²) in [5.74, 6) is 1.21. The summed E-state index contributed by atoms with van der Waals surface area (Å²) < 4.78 is 0. The summed E-state index contributed by atoms with van der Waals surface area (Å²) in [5.41, 5.74) is 5.99. The van der Waals surface area contributed by atoms with Crippen LogP contribution in [0.3, 0.4) is 0 Å². The molecule has 0 bridgehead atoms. The molecule has 1 unspecified atom stereocenters. The van der Waals surface area contributed by atoms with Gasteiger partial charge in [0.25, 0.3) is 0 Å². The van der Waals surface area contributed by atoms with Crippen molar-refractivity contribution in [2.75, 3.05) is 37.6 Å². The van der Waals surface area contributed by atoms with E-state index >= 15 is 0 Å². The summed E-state index contributed by atoms with van der Waals surface area (Å²) in [5, 5.41) is 14.4. The van der Waals surface area contributed by atoms with Crippen molar-refractivity contribution in [1.29, 1.82) is 0 Å². The number of rotatable bonds is 4. The van der Waals surface area contributed by atoms with Crippen molar-refractivity contribution < 1.29 is 5.11 Å².